The fourth-order valence-electron chi connectivity index (χ4n) is 2.40. The maximum Gasteiger partial charge on any atom is 0.223 e. The molecule has 0 bridgehead atoms. The summed E-state index contributed by atoms with van der Waals surface area (Å²) in [5.74, 6) is 2.17. The maximum absolute atomic E-state index is 4.95. The molecule has 0 saturated carbocycles. The van der Waals surface area contributed by atoms with Gasteiger partial charge in [-0.1, -0.05) is 19.0 Å². The highest BCUT2D eigenvalue weighted by atomic mass is 127. The van der Waals surface area contributed by atoms with Gasteiger partial charge in [0, 0.05) is 27.1 Å². The molecule has 1 saturated heterocycles. The molecule has 1 atom stereocenters. The van der Waals surface area contributed by atoms with E-state index >= 15 is 0 Å². The number of hydrogen-bond acceptors (Lipinski definition) is 4. The maximum atomic E-state index is 4.95. The van der Waals surface area contributed by atoms with Crippen molar-refractivity contribution in [3.05, 3.63) is 11.7 Å². The smallest absolute Gasteiger partial charge is 0.223 e. The molecule has 6 nitrogen and oxygen atoms in total. The molecule has 7 heteroatoms. The Hall–Kier alpha value is -0.860. The molecule has 2 heterocycles. The van der Waals surface area contributed by atoms with Crippen molar-refractivity contribution in [3.63, 3.8) is 0 Å². The second-order valence-corrected chi connectivity index (χ2v) is 5.47. The summed E-state index contributed by atoms with van der Waals surface area (Å²) in [6.45, 7) is 9.02. The van der Waals surface area contributed by atoms with Crippen molar-refractivity contribution < 1.29 is 4.52 Å². The molecule has 1 fully saturated rings. The van der Waals surface area contributed by atoms with E-state index in [2.05, 4.69) is 39.2 Å². The first-order valence-electron chi connectivity index (χ1n) is 6.81. The Kier molecular flexibility index (Phi) is 6.22. The van der Waals surface area contributed by atoms with Crippen molar-refractivity contribution in [2.45, 2.75) is 40.2 Å². The number of nitrogens with zero attached hydrogens (tertiary/aromatic N) is 4. The predicted molar refractivity (Wildman–Crippen MR) is 89.2 cm³/mol. The predicted octanol–water partition coefficient (Wildman–Crippen LogP) is 2.19. The van der Waals surface area contributed by atoms with Crippen LogP contribution in [0.4, 0.5) is 0 Å². The Labute approximate surface area is 137 Å². The van der Waals surface area contributed by atoms with Crippen LogP contribution in [-0.2, 0) is 6.54 Å². The molecule has 1 aliphatic rings. The van der Waals surface area contributed by atoms with Crippen molar-refractivity contribution >= 4 is 29.9 Å². The first-order valence-corrected chi connectivity index (χ1v) is 6.81. The van der Waals surface area contributed by atoms with E-state index in [9.17, 15) is 0 Å². The largest absolute Gasteiger partial charge is 0.349 e. The Morgan fingerprint density at radius 3 is 2.80 bits per heavy atom. The van der Waals surface area contributed by atoms with Crippen LogP contribution >= 0.6 is 24.0 Å². The highest BCUT2D eigenvalue weighted by Gasteiger charge is 2.33. The average Bonchev–Trinajstić information content (AvgIpc) is 2.98. The standard InChI is InChI=1S/C13H23N5O.HI/c1-5-13(3)6-7-18(9-13)12(14-4)15-8-11-16-10(2)19-17-11;/h5-9H2,1-4H3,(H,14,15);1H. The number of nitrogens with one attached hydrogen (secondary N) is 1. The van der Waals surface area contributed by atoms with E-state index in [-0.39, 0.29) is 24.0 Å². The van der Waals surface area contributed by atoms with Crippen LogP contribution in [0.1, 0.15) is 38.4 Å². The minimum Gasteiger partial charge on any atom is -0.349 e. The number of halogens is 1. The van der Waals surface area contributed by atoms with Gasteiger partial charge < -0.3 is 14.7 Å². The molecular weight excluding hydrogens is 369 g/mol. The molecule has 0 radical (unpaired) electrons. The lowest BCUT2D eigenvalue weighted by molar-refractivity contribution is 0.321. The van der Waals surface area contributed by atoms with Gasteiger partial charge >= 0.3 is 0 Å². The van der Waals surface area contributed by atoms with Crippen LogP contribution < -0.4 is 5.32 Å². The van der Waals surface area contributed by atoms with Crippen molar-refractivity contribution in [1.29, 1.82) is 0 Å². The van der Waals surface area contributed by atoms with Gasteiger partial charge in [-0.3, -0.25) is 4.99 Å². The fraction of sp³-hybridized carbons (Fsp3) is 0.769. The molecule has 0 aliphatic carbocycles. The number of aromatic nitrogens is 2. The number of likely N-dealkylation sites (tertiary alicyclic amines) is 1. The van der Waals surface area contributed by atoms with Gasteiger partial charge in [0.1, 0.15) is 0 Å². The highest BCUT2D eigenvalue weighted by Crippen LogP contribution is 2.32. The monoisotopic (exact) mass is 393 g/mol. The molecule has 1 N–H and O–H groups in total. The van der Waals surface area contributed by atoms with Crippen molar-refractivity contribution in [1.82, 2.24) is 20.4 Å². The summed E-state index contributed by atoms with van der Waals surface area (Å²) in [4.78, 5) is 10.8. The second-order valence-electron chi connectivity index (χ2n) is 5.47. The summed E-state index contributed by atoms with van der Waals surface area (Å²) in [7, 11) is 1.81. The Bertz CT molecular complexity index is 461. The van der Waals surface area contributed by atoms with Crippen LogP contribution in [-0.4, -0.2) is 41.1 Å². The van der Waals surface area contributed by atoms with Crippen molar-refractivity contribution in [3.8, 4) is 0 Å². The summed E-state index contributed by atoms with van der Waals surface area (Å²) in [6.07, 6.45) is 2.41. The molecule has 2 rings (SSSR count). The van der Waals surface area contributed by atoms with Gasteiger partial charge in [0.05, 0.1) is 6.54 Å². The van der Waals surface area contributed by atoms with Crippen LogP contribution in [0.2, 0.25) is 0 Å². The minimum absolute atomic E-state index is 0. The average molecular weight is 393 g/mol. The first-order chi connectivity index (χ1) is 9.06. The summed E-state index contributed by atoms with van der Waals surface area (Å²) < 4.78 is 4.95. The molecule has 1 aromatic rings. The van der Waals surface area contributed by atoms with E-state index in [1.807, 2.05) is 7.05 Å². The van der Waals surface area contributed by atoms with E-state index < -0.39 is 0 Å². The van der Waals surface area contributed by atoms with Gasteiger partial charge in [0.2, 0.25) is 5.89 Å². The van der Waals surface area contributed by atoms with Crippen molar-refractivity contribution in [2.24, 2.45) is 10.4 Å². The zero-order valence-electron chi connectivity index (χ0n) is 12.6. The molecule has 0 aromatic carbocycles. The summed E-state index contributed by atoms with van der Waals surface area (Å²) in [5.41, 5.74) is 0.403. The lowest BCUT2D eigenvalue weighted by atomic mass is 9.87. The molecule has 0 amide bonds. The molecule has 0 spiro atoms. The van der Waals surface area contributed by atoms with E-state index in [0.717, 1.165) is 19.0 Å². The normalized spacial score (nSPS) is 22.8. The van der Waals surface area contributed by atoms with Crippen LogP contribution in [0, 0.1) is 12.3 Å². The summed E-state index contributed by atoms with van der Waals surface area (Å²) in [6, 6.07) is 0. The van der Waals surface area contributed by atoms with E-state index in [1.165, 1.54) is 12.8 Å². The molecule has 1 unspecified atom stereocenters. The summed E-state index contributed by atoms with van der Waals surface area (Å²) >= 11 is 0. The minimum atomic E-state index is 0. The lowest BCUT2D eigenvalue weighted by Gasteiger charge is -2.25. The van der Waals surface area contributed by atoms with Crippen LogP contribution in [0.15, 0.2) is 9.52 Å². The molecule has 20 heavy (non-hydrogen) atoms. The number of guanidine groups is 1. The molecule has 1 aliphatic heterocycles. The molecule has 1 aromatic heterocycles. The number of aryl methyl sites for hydroxylation is 1. The van der Waals surface area contributed by atoms with Gasteiger partial charge in [-0.05, 0) is 18.3 Å². The number of hydrogen-bond donors (Lipinski definition) is 1. The third kappa shape index (κ3) is 4.07. The number of rotatable bonds is 3. The Morgan fingerprint density at radius 1 is 1.55 bits per heavy atom. The SMILES string of the molecule is CCC1(C)CCN(C(=NC)NCc2noc(C)n2)C1.I. The first kappa shape index (κ1) is 17.2. The van der Waals surface area contributed by atoms with Crippen LogP contribution in [0.5, 0.6) is 0 Å². The zero-order chi connectivity index (χ0) is 13.9. The quantitative estimate of drug-likeness (QED) is 0.485. The van der Waals surface area contributed by atoms with Gasteiger partial charge in [-0.2, -0.15) is 4.98 Å². The Morgan fingerprint density at radius 2 is 2.30 bits per heavy atom. The van der Waals surface area contributed by atoms with Crippen molar-refractivity contribution in [2.75, 3.05) is 20.1 Å². The second kappa shape index (κ2) is 7.24. The molecule has 114 valence electrons. The third-order valence-corrected chi connectivity index (χ3v) is 3.90. The van der Waals surface area contributed by atoms with E-state index in [0.29, 0.717) is 23.7 Å². The van der Waals surface area contributed by atoms with Gasteiger partial charge in [-0.25, -0.2) is 0 Å². The van der Waals surface area contributed by atoms with Crippen LogP contribution in [0.3, 0.4) is 0 Å². The third-order valence-electron chi connectivity index (χ3n) is 3.90. The van der Waals surface area contributed by atoms with Crippen LogP contribution in [0.25, 0.3) is 0 Å². The molecular formula is C13H24IN5O. The van der Waals surface area contributed by atoms with Gasteiger partial charge in [-0.15, -0.1) is 24.0 Å². The van der Waals surface area contributed by atoms with E-state index in [4.69, 9.17) is 4.52 Å². The van der Waals surface area contributed by atoms with Gasteiger partial charge in [0.25, 0.3) is 0 Å². The fourth-order valence-corrected chi connectivity index (χ4v) is 2.40. The zero-order valence-corrected chi connectivity index (χ0v) is 15.0. The Balaban J connectivity index is 0.00000200. The van der Waals surface area contributed by atoms with E-state index in [1.54, 1.807) is 6.92 Å². The van der Waals surface area contributed by atoms with Gasteiger partial charge in [0.15, 0.2) is 11.8 Å². The highest BCUT2D eigenvalue weighted by molar-refractivity contribution is 14.0. The number of aliphatic imine (C=N–C) groups is 1. The topological polar surface area (TPSA) is 66.5 Å². The lowest BCUT2D eigenvalue weighted by Crippen LogP contribution is -2.40. The summed E-state index contributed by atoms with van der Waals surface area (Å²) in [5, 5.41) is 7.17.